The second-order valence-electron chi connectivity index (χ2n) is 4.67. The van der Waals surface area contributed by atoms with Crippen LogP contribution in [0.25, 0.3) is 22.6 Å². The molecule has 3 aromatic rings. The molecule has 0 spiro atoms. The van der Waals surface area contributed by atoms with Crippen LogP contribution < -0.4 is 0 Å². The van der Waals surface area contributed by atoms with Crippen LogP contribution in [0.3, 0.4) is 0 Å². The van der Waals surface area contributed by atoms with Gasteiger partial charge < -0.3 is 9.63 Å². The molecule has 22 heavy (non-hydrogen) atoms. The standard InChI is InChI=1S/C16H10ClF2NO2/c17-11-3-1-2-9(4-11)16-14(8-21)15(20-22-16)10-5-12(18)7-13(19)6-10/h1-7,21H,8H2. The summed E-state index contributed by atoms with van der Waals surface area (Å²) in [6, 6.07) is 9.83. The number of hydrogen-bond donors (Lipinski definition) is 1. The molecular weight excluding hydrogens is 312 g/mol. The van der Waals surface area contributed by atoms with Gasteiger partial charge >= 0.3 is 0 Å². The molecule has 0 fully saturated rings. The van der Waals surface area contributed by atoms with Crippen LogP contribution >= 0.6 is 11.6 Å². The molecule has 1 heterocycles. The summed E-state index contributed by atoms with van der Waals surface area (Å²) in [6.07, 6.45) is 0. The maximum absolute atomic E-state index is 13.4. The Morgan fingerprint density at radius 3 is 2.41 bits per heavy atom. The maximum Gasteiger partial charge on any atom is 0.173 e. The molecule has 3 rings (SSSR count). The molecule has 0 aliphatic rings. The van der Waals surface area contributed by atoms with Gasteiger partial charge in [-0.25, -0.2) is 8.78 Å². The fourth-order valence-electron chi connectivity index (χ4n) is 2.23. The Labute approximate surface area is 129 Å². The largest absolute Gasteiger partial charge is 0.391 e. The number of benzene rings is 2. The van der Waals surface area contributed by atoms with Crippen molar-refractivity contribution in [3.05, 3.63) is 64.7 Å². The number of rotatable bonds is 3. The normalized spacial score (nSPS) is 10.9. The summed E-state index contributed by atoms with van der Waals surface area (Å²) in [7, 11) is 0. The molecule has 0 saturated carbocycles. The van der Waals surface area contributed by atoms with Crippen LogP contribution in [0, 0.1) is 11.6 Å². The van der Waals surface area contributed by atoms with E-state index < -0.39 is 18.2 Å². The van der Waals surface area contributed by atoms with E-state index in [0.29, 0.717) is 21.9 Å². The van der Waals surface area contributed by atoms with E-state index in [1.807, 2.05) is 0 Å². The number of halogens is 3. The Morgan fingerprint density at radius 2 is 1.77 bits per heavy atom. The highest BCUT2D eigenvalue weighted by Crippen LogP contribution is 2.33. The van der Waals surface area contributed by atoms with Crippen molar-refractivity contribution >= 4 is 11.6 Å². The van der Waals surface area contributed by atoms with Gasteiger partial charge in [0.2, 0.25) is 0 Å². The second-order valence-corrected chi connectivity index (χ2v) is 5.10. The molecule has 0 saturated heterocycles. The lowest BCUT2D eigenvalue weighted by Gasteiger charge is -2.02. The van der Waals surface area contributed by atoms with E-state index in [1.54, 1.807) is 24.3 Å². The van der Waals surface area contributed by atoms with Gasteiger partial charge in [0.15, 0.2) is 5.76 Å². The van der Waals surface area contributed by atoms with Crippen LogP contribution in [-0.4, -0.2) is 10.3 Å². The predicted octanol–water partition coefficient (Wildman–Crippen LogP) is 4.43. The molecule has 0 unspecified atom stereocenters. The summed E-state index contributed by atoms with van der Waals surface area (Å²) >= 11 is 5.93. The zero-order chi connectivity index (χ0) is 15.7. The lowest BCUT2D eigenvalue weighted by molar-refractivity contribution is 0.281. The molecule has 0 atom stereocenters. The molecule has 2 aromatic carbocycles. The van der Waals surface area contributed by atoms with E-state index in [2.05, 4.69) is 5.16 Å². The number of aliphatic hydroxyl groups excluding tert-OH is 1. The number of hydrogen-bond acceptors (Lipinski definition) is 3. The molecule has 1 N–H and O–H groups in total. The molecule has 6 heteroatoms. The number of aromatic nitrogens is 1. The van der Waals surface area contributed by atoms with Crippen molar-refractivity contribution in [1.82, 2.24) is 5.16 Å². The van der Waals surface area contributed by atoms with Crippen molar-refractivity contribution < 1.29 is 18.4 Å². The molecule has 1 aromatic heterocycles. The fraction of sp³-hybridized carbons (Fsp3) is 0.0625. The molecule has 112 valence electrons. The zero-order valence-corrected chi connectivity index (χ0v) is 11.9. The van der Waals surface area contributed by atoms with Crippen LogP contribution in [-0.2, 0) is 6.61 Å². The van der Waals surface area contributed by atoms with E-state index in [0.717, 1.165) is 18.2 Å². The van der Waals surface area contributed by atoms with E-state index in [1.165, 1.54) is 0 Å². The first-order valence-electron chi connectivity index (χ1n) is 6.40. The summed E-state index contributed by atoms with van der Waals surface area (Å²) in [4.78, 5) is 0. The summed E-state index contributed by atoms with van der Waals surface area (Å²) in [5, 5.41) is 13.9. The minimum Gasteiger partial charge on any atom is -0.391 e. The Morgan fingerprint density at radius 1 is 1.05 bits per heavy atom. The third kappa shape index (κ3) is 2.73. The average Bonchev–Trinajstić information content (AvgIpc) is 2.90. The Hall–Kier alpha value is -2.24. The molecule has 3 nitrogen and oxygen atoms in total. The third-order valence-electron chi connectivity index (χ3n) is 3.17. The van der Waals surface area contributed by atoms with Crippen molar-refractivity contribution in [3.63, 3.8) is 0 Å². The molecule has 0 bridgehead atoms. The summed E-state index contributed by atoms with van der Waals surface area (Å²) < 4.78 is 32.0. The lowest BCUT2D eigenvalue weighted by atomic mass is 10.0. The van der Waals surface area contributed by atoms with Gasteiger partial charge in [0.05, 0.1) is 12.2 Å². The van der Waals surface area contributed by atoms with Gasteiger partial charge in [0.1, 0.15) is 17.3 Å². The van der Waals surface area contributed by atoms with Crippen LogP contribution in [0.1, 0.15) is 5.56 Å². The van der Waals surface area contributed by atoms with Crippen molar-refractivity contribution in [2.24, 2.45) is 0 Å². The van der Waals surface area contributed by atoms with E-state index in [-0.39, 0.29) is 11.3 Å². The number of nitrogens with zero attached hydrogens (tertiary/aromatic N) is 1. The van der Waals surface area contributed by atoms with Crippen molar-refractivity contribution in [2.75, 3.05) is 0 Å². The average molecular weight is 322 g/mol. The maximum atomic E-state index is 13.4. The minimum atomic E-state index is -0.730. The number of aliphatic hydroxyl groups is 1. The molecule has 0 aliphatic carbocycles. The highest BCUT2D eigenvalue weighted by atomic mass is 35.5. The molecule has 0 aliphatic heterocycles. The molecular formula is C16H10ClF2NO2. The Kier molecular flexibility index (Phi) is 3.92. The van der Waals surface area contributed by atoms with Gasteiger partial charge in [-0.05, 0) is 24.3 Å². The van der Waals surface area contributed by atoms with E-state index in [4.69, 9.17) is 16.1 Å². The van der Waals surface area contributed by atoms with Crippen LogP contribution in [0.5, 0.6) is 0 Å². The summed E-state index contributed by atoms with van der Waals surface area (Å²) in [5.41, 5.74) is 1.34. The first kappa shape index (κ1) is 14.7. The predicted molar refractivity (Wildman–Crippen MR) is 78.2 cm³/mol. The lowest BCUT2D eigenvalue weighted by Crippen LogP contribution is -1.91. The Bertz CT molecular complexity index is 813. The van der Waals surface area contributed by atoms with Gasteiger partial charge in [0, 0.05) is 22.2 Å². The quantitative estimate of drug-likeness (QED) is 0.776. The fourth-order valence-corrected chi connectivity index (χ4v) is 2.42. The smallest absolute Gasteiger partial charge is 0.173 e. The highest BCUT2D eigenvalue weighted by Gasteiger charge is 2.19. The monoisotopic (exact) mass is 321 g/mol. The van der Waals surface area contributed by atoms with Crippen molar-refractivity contribution in [1.29, 1.82) is 0 Å². The minimum absolute atomic E-state index is 0.191. The SMILES string of the molecule is OCc1c(-c2cc(F)cc(F)c2)noc1-c1cccc(Cl)c1. The van der Waals surface area contributed by atoms with Crippen molar-refractivity contribution in [2.45, 2.75) is 6.61 Å². The molecule has 0 radical (unpaired) electrons. The zero-order valence-electron chi connectivity index (χ0n) is 11.2. The van der Waals surface area contributed by atoms with Gasteiger partial charge in [-0.15, -0.1) is 0 Å². The van der Waals surface area contributed by atoms with E-state index >= 15 is 0 Å². The van der Waals surface area contributed by atoms with Crippen molar-refractivity contribution in [3.8, 4) is 22.6 Å². The van der Waals surface area contributed by atoms with Crippen LogP contribution in [0.15, 0.2) is 47.0 Å². The van der Waals surface area contributed by atoms with Gasteiger partial charge in [0.25, 0.3) is 0 Å². The van der Waals surface area contributed by atoms with Crippen LogP contribution in [0.4, 0.5) is 8.78 Å². The van der Waals surface area contributed by atoms with Crippen LogP contribution in [0.2, 0.25) is 5.02 Å². The molecule has 0 amide bonds. The summed E-state index contributed by atoms with van der Waals surface area (Å²) in [6.45, 7) is -0.390. The van der Waals surface area contributed by atoms with Gasteiger partial charge in [-0.2, -0.15) is 0 Å². The first-order chi connectivity index (χ1) is 10.6. The van der Waals surface area contributed by atoms with E-state index in [9.17, 15) is 13.9 Å². The second kappa shape index (κ2) is 5.87. The van der Waals surface area contributed by atoms with Gasteiger partial charge in [-0.1, -0.05) is 28.9 Å². The summed E-state index contributed by atoms with van der Waals surface area (Å²) in [5.74, 6) is -1.15. The topological polar surface area (TPSA) is 46.3 Å². The third-order valence-corrected chi connectivity index (χ3v) is 3.40. The first-order valence-corrected chi connectivity index (χ1v) is 6.78. The highest BCUT2D eigenvalue weighted by molar-refractivity contribution is 6.30. The van der Waals surface area contributed by atoms with Gasteiger partial charge in [-0.3, -0.25) is 0 Å². The Balaban J connectivity index is 2.15.